The second kappa shape index (κ2) is 8.05. The highest BCUT2D eigenvalue weighted by Crippen LogP contribution is 2.55. The van der Waals surface area contributed by atoms with Crippen LogP contribution in [0.3, 0.4) is 0 Å². The third kappa shape index (κ3) is 3.54. The van der Waals surface area contributed by atoms with Crippen molar-refractivity contribution < 1.29 is 9.50 Å². The van der Waals surface area contributed by atoms with Gasteiger partial charge in [0.05, 0.1) is 0 Å². The Kier molecular flexibility index (Phi) is 5.44. The Morgan fingerprint density at radius 2 is 1.69 bits per heavy atom. The minimum atomic E-state index is -0.115. The number of benzene rings is 2. The maximum atomic E-state index is 14.2. The lowest BCUT2D eigenvalue weighted by atomic mass is 9.63. The number of piperidine rings is 1. The van der Waals surface area contributed by atoms with Gasteiger partial charge in [0.1, 0.15) is 5.82 Å². The molecule has 1 spiro atoms. The van der Waals surface area contributed by atoms with Crippen LogP contribution >= 0.6 is 11.8 Å². The Balaban J connectivity index is 1.38. The van der Waals surface area contributed by atoms with Crippen LogP contribution in [0.1, 0.15) is 56.1 Å². The number of likely N-dealkylation sites (tertiary alicyclic amines) is 1. The van der Waals surface area contributed by atoms with Gasteiger partial charge in [-0.15, -0.1) is 0 Å². The molecular formula is C25H30FNOS. The molecule has 2 nitrogen and oxygen atoms in total. The van der Waals surface area contributed by atoms with Gasteiger partial charge >= 0.3 is 0 Å². The van der Waals surface area contributed by atoms with Crippen molar-refractivity contribution in [2.45, 2.75) is 66.2 Å². The highest BCUT2D eigenvalue weighted by molar-refractivity contribution is 7.99. The Morgan fingerprint density at radius 1 is 0.966 bits per heavy atom. The van der Waals surface area contributed by atoms with Gasteiger partial charge < -0.3 is 10.0 Å². The quantitative estimate of drug-likeness (QED) is 0.710. The molecule has 0 aromatic heterocycles. The van der Waals surface area contributed by atoms with Crippen LogP contribution in [-0.2, 0) is 5.41 Å². The molecule has 0 amide bonds. The largest absolute Gasteiger partial charge is 0.396 e. The fraction of sp³-hybridized carbons (Fsp3) is 0.520. The summed E-state index contributed by atoms with van der Waals surface area (Å²) in [7, 11) is 0. The van der Waals surface area contributed by atoms with Gasteiger partial charge in [-0.1, -0.05) is 30.0 Å². The van der Waals surface area contributed by atoms with Crippen LogP contribution < -0.4 is 0 Å². The molecule has 1 saturated heterocycles. The van der Waals surface area contributed by atoms with Crippen molar-refractivity contribution in [3.05, 3.63) is 59.4 Å². The summed E-state index contributed by atoms with van der Waals surface area (Å²) < 4.78 is 14.2. The van der Waals surface area contributed by atoms with Crippen LogP contribution in [0.4, 0.5) is 4.39 Å². The van der Waals surface area contributed by atoms with Crippen LogP contribution in [-0.4, -0.2) is 35.7 Å². The number of halogens is 1. The number of aliphatic hydroxyl groups is 1. The van der Waals surface area contributed by atoms with Crippen LogP contribution in [0.2, 0.25) is 0 Å². The number of nitrogens with zero attached hydrogens (tertiary/aromatic N) is 1. The highest BCUT2D eigenvalue weighted by Gasteiger charge is 2.44. The smallest absolute Gasteiger partial charge is 0.123 e. The molecule has 2 fully saturated rings. The van der Waals surface area contributed by atoms with E-state index >= 15 is 0 Å². The normalized spacial score (nSPS) is 27.6. The number of aliphatic hydroxyl groups excluding tert-OH is 1. The molecule has 0 unspecified atom stereocenters. The van der Waals surface area contributed by atoms with E-state index in [1.165, 1.54) is 59.7 Å². The molecule has 2 aliphatic heterocycles. The van der Waals surface area contributed by atoms with Crippen LogP contribution in [0.5, 0.6) is 0 Å². The Bertz CT molecular complexity index is 869. The zero-order valence-electron chi connectivity index (χ0n) is 16.9. The fourth-order valence-corrected chi connectivity index (χ4v) is 7.23. The molecule has 0 radical (unpaired) electrons. The molecule has 5 rings (SSSR count). The third-order valence-electron chi connectivity index (χ3n) is 7.59. The monoisotopic (exact) mass is 411 g/mol. The minimum Gasteiger partial charge on any atom is -0.396 e. The van der Waals surface area contributed by atoms with Crippen LogP contribution in [0.15, 0.2) is 52.3 Å². The molecule has 0 atom stereocenters. The number of rotatable bonds is 3. The Hall–Kier alpha value is -1.36. The summed E-state index contributed by atoms with van der Waals surface area (Å²) in [5, 5.41) is 9.21. The van der Waals surface area contributed by atoms with Crippen molar-refractivity contribution in [2.75, 3.05) is 19.7 Å². The first kappa shape index (κ1) is 19.6. The highest BCUT2D eigenvalue weighted by atomic mass is 32.2. The van der Waals surface area contributed by atoms with Crippen molar-refractivity contribution >= 4 is 11.8 Å². The van der Waals surface area contributed by atoms with E-state index in [1.54, 1.807) is 23.9 Å². The molecule has 2 aromatic rings. The van der Waals surface area contributed by atoms with E-state index in [1.807, 2.05) is 6.07 Å². The summed E-state index contributed by atoms with van der Waals surface area (Å²) >= 11 is 1.80. The molecule has 0 bridgehead atoms. The standard InChI is InChI=1S/C25H30FNOS/c26-19-5-6-24-22(17-19)25(21-3-1-2-4-23(21)29-24)12-7-20(8-13-25)27-14-9-18(10-15-27)11-16-28/h1-6,17-18,20,28H,7-16H2. The summed E-state index contributed by atoms with van der Waals surface area (Å²) in [6, 6.07) is 14.8. The summed E-state index contributed by atoms with van der Waals surface area (Å²) in [6.45, 7) is 2.66. The average molecular weight is 412 g/mol. The number of hydrogen-bond donors (Lipinski definition) is 1. The van der Waals surface area contributed by atoms with E-state index in [-0.39, 0.29) is 11.2 Å². The lowest BCUT2D eigenvalue weighted by Crippen LogP contribution is -2.46. The molecule has 1 aliphatic carbocycles. The maximum absolute atomic E-state index is 14.2. The van der Waals surface area contributed by atoms with Crippen LogP contribution in [0.25, 0.3) is 0 Å². The Labute approximate surface area is 177 Å². The SMILES string of the molecule is OCCC1CCN(C2CCC3(CC2)c2ccccc2Sc2ccc(F)cc23)CC1. The van der Waals surface area contributed by atoms with Gasteiger partial charge in [0.15, 0.2) is 0 Å². The fourth-order valence-electron chi connectivity index (χ4n) is 5.97. The number of fused-ring (bicyclic) bond motifs is 4. The molecule has 1 N–H and O–H groups in total. The lowest BCUT2D eigenvalue weighted by molar-refractivity contribution is 0.0847. The molecule has 4 heteroatoms. The molecule has 2 aromatic carbocycles. The average Bonchev–Trinajstić information content (AvgIpc) is 2.76. The van der Waals surface area contributed by atoms with Gasteiger partial charge in [-0.3, -0.25) is 0 Å². The van der Waals surface area contributed by atoms with E-state index in [2.05, 4.69) is 29.2 Å². The van der Waals surface area contributed by atoms with Gasteiger partial charge in [0, 0.05) is 27.9 Å². The van der Waals surface area contributed by atoms with Gasteiger partial charge in [-0.05, 0) is 99.3 Å². The summed E-state index contributed by atoms with van der Waals surface area (Å²) in [5.41, 5.74) is 2.58. The van der Waals surface area contributed by atoms with E-state index in [4.69, 9.17) is 0 Å². The first-order valence-corrected chi connectivity index (χ1v) is 11.9. The van der Waals surface area contributed by atoms with Crippen molar-refractivity contribution in [2.24, 2.45) is 5.92 Å². The Morgan fingerprint density at radius 3 is 2.45 bits per heavy atom. The topological polar surface area (TPSA) is 23.5 Å². The summed E-state index contributed by atoms with van der Waals surface area (Å²) in [6.07, 6.45) is 7.95. The van der Waals surface area contributed by atoms with E-state index in [0.717, 1.165) is 19.3 Å². The molecule has 154 valence electrons. The van der Waals surface area contributed by atoms with E-state index < -0.39 is 0 Å². The van der Waals surface area contributed by atoms with Gasteiger partial charge in [-0.25, -0.2) is 4.39 Å². The van der Waals surface area contributed by atoms with E-state index in [0.29, 0.717) is 18.6 Å². The summed E-state index contributed by atoms with van der Waals surface area (Å²) in [4.78, 5) is 5.26. The molecule has 29 heavy (non-hydrogen) atoms. The first-order valence-electron chi connectivity index (χ1n) is 11.1. The minimum absolute atomic E-state index is 0.0367. The third-order valence-corrected chi connectivity index (χ3v) is 8.74. The summed E-state index contributed by atoms with van der Waals surface area (Å²) in [5.74, 6) is 0.583. The van der Waals surface area contributed by atoms with Crippen molar-refractivity contribution in [1.29, 1.82) is 0 Å². The zero-order valence-corrected chi connectivity index (χ0v) is 17.8. The molecular weight excluding hydrogens is 381 g/mol. The predicted molar refractivity (Wildman–Crippen MR) is 116 cm³/mol. The second-order valence-corrected chi connectivity index (χ2v) is 10.1. The van der Waals surface area contributed by atoms with Crippen molar-refractivity contribution in [3.8, 4) is 0 Å². The van der Waals surface area contributed by atoms with Gasteiger partial charge in [0.2, 0.25) is 0 Å². The molecule has 1 saturated carbocycles. The predicted octanol–water partition coefficient (Wildman–Crippen LogP) is 5.61. The molecule has 2 heterocycles. The van der Waals surface area contributed by atoms with E-state index in [9.17, 15) is 9.50 Å². The lowest BCUT2D eigenvalue weighted by Gasteiger charge is -2.48. The second-order valence-electron chi connectivity index (χ2n) is 9.04. The van der Waals surface area contributed by atoms with Crippen molar-refractivity contribution in [1.82, 2.24) is 4.90 Å². The first-order chi connectivity index (χ1) is 14.2. The number of hydrogen-bond acceptors (Lipinski definition) is 3. The zero-order chi connectivity index (χ0) is 19.8. The van der Waals surface area contributed by atoms with Gasteiger partial charge in [0.25, 0.3) is 0 Å². The van der Waals surface area contributed by atoms with Gasteiger partial charge in [-0.2, -0.15) is 0 Å². The van der Waals surface area contributed by atoms with Crippen LogP contribution in [0, 0.1) is 11.7 Å². The van der Waals surface area contributed by atoms with Crippen molar-refractivity contribution in [3.63, 3.8) is 0 Å². The molecule has 3 aliphatic rings. The maximum Gasteiger partial charge on any atom is 0.123 e.